The summed E-state index contributed by atoms with van der Waals surface area (Å²) in [4.78, 5) is 13.9. The highest BCUT2D eigenvalue weighted by Gasteiger charge is 2.31. The highest BCUT2D eigenvalue weighted by atomic mass is 32.2. The number of rotatable bonds is 7. The van der Waals surface area contributed by atoms with Gasteiger partial charge in [0.15, 0.2) is 0 Å². The van der Waals surface area contributed by atoms with E-state index < -0.39 is 22.2 Å². The predicted molar refractivity (Wildman–Crippen MR) is 163 cm³/mol. The van der Waals surface area contributed by atoms with Crippen LogP contribution in [0, 0.1) is 5.82 Å². The molecule has 1 aliphatic heterocycles. The van der Waals surface area contributed by atoms with Gasteiger partial charge in [0.2, 0.25) is 5.95 Å². The van der Waals surface area contributed by atoms with Crippen molar-refractivity contribution in [3.05, 3.63) is 90.5 Å². The molecule has 2 unspecified atom stereocenters. The first kappa shape index (κ1) is 28.1. The van der Waals surface area contributed by atoms with E-state index in [1.165, 1.54) is 12.1 Å². The van der Waals surface area contributed by atoms with Crippen molar-refractivity contribution in [2.45, 2.75) is 31.6 Å². The zero-order valence-electron chi connectivity index (χ0n) is 24.1. The summed E-state index contributed by atoms with van der Waals surface area (Å²) in [6, 6.07) is 9.97. The molecular weight excluding hydrogens is 553 g/mol. The van der Waals surface area contributed by atoms with E-state index in [0.29, 0.717) is 5.95 Å². The number of nitrogens with one attached hydrogen (secondary N) is 1. The number of aromatic nitrogens is 6. The monoisotopic (exact) mass is 587 g/mol. The van der Waals surface area contributed by atoms with Gasteiger partial charge in [0.25, 0.3) is 0 Å². The maximum absolute atomic E-state index is 13.6. The molecular formula is C30H34FN9OS. The number of benzene rings is 1. The van der Waals surface area contributed by atoms with Crippen LogP contribution in [-0.4, -0.2) is 64.8 Å². The Morgan fingerprint density at radius 2 is 1.52 bits per heavy atom. The molecule has 2 atom stereocenters. The molecule has 1 fully saturated rings. The van der Waals surface area contributed by atoms with Crippen molar-refractivity contribution in [3.8, 4) is 11.1 Å². The quantitative estimate of drug-likeness (QED) is 0.284. The molecule has 0 radical (unpaired) electrons. The third-order valence-corrected chi connectivity index (χ3v) is 8.98. The van der Waals surface area contributed by atoms with Crippen molar-refractivity contribution in [1.29, 1.82) is 0 Å². The topological polar surface area (TPSA) is 102 Å². The number of hydrogen-bond donors (Lipinski definition) is 1. The van der Waals surface area contributed by atoms with E-state index in [9.17, 15) is 8.94 Å². The molecule has 10 nitrogen and oxygen atoms in total. The summed E-state index contributed by atoms with van der Waals surface area (Å²) in [5.41, 5.74) is 5.83. The molecule has 218 valence electrons. The molecule has 12 heteroatoms. The summed E-state index contributed by atoms with van der Waals surface area (Å²) >= 11 is -1.35. The molecule has 1 aromatic carbocycles. The summed E-state index contributed by atoms with van der Waals surface area (Å²) in [5, 5.41) is 8.89. The molecule has 5 heterocycles. The van der Waals surface area contributed by atoms with Crippen LogP contribution in [0.1, 0.15) is 37.9 Å². The molecule has 0 aliphatic carbocycles. The fraction of sp³-hybridized carbons (Fsp3) is 0.333. The molecule has 0 bridgehead atoms. The van der Waals surface area contributed by atoms with Crippen LogP contribution >= 0.6 is 0 Å². The van der Waals surface area contributed by atoms with Crippen LogP contribution in [0.4, 0.5) is 16.0 Å². The van der Waals surface area contributed by atoms with E-state index in [-0.39, 0.29) is 5.82 Å². The zero-order valence-corrected chi connectivity index (χ0v) is 24.9. The van der Waals surface area contributed by atoms with Gasteiger partial charge in [0, 0.05) is 86.1 Å². The number of piperazine rings is 1. The van der Waals surface area contributed by atoms with Crippen LogP contribution in [0.5, 0.6) is 0 Å². The number of nitrogens with zero attached hydrogens (tertiary/aromatic N) is 8. The van der Waals surface area contributed by atoms with Gasteiger partial charge in [-0.15, -0.1) is 4.72 Å². The average Bonchev–Trinajstić information content (AvgIpc) is 3.62. The van der Waals surface area contributed by atoms with Crippen LogP contribution in [0.25, 0.3) is 16.6 Å². The minimum Gasteiger partial charge on any atom is -0.598 e. The Bertz CT molecular complexity index is 1660. The molecule has 6 rings (SSSR count). The van der Waals surface area contributed by atoms with Crippen LogP contribution in [0.2, 0.25) is 0 Å². The van der Waals surface area contributed by atoms with E-state index in [1.807, 2.05) is 57.1 Å². The SMILES string of the molecule is Cn1cc(-c2ccc3c(N4CCN(c5ncc(C(N[S+]([O-])C(C)(C)C)c6ccc(F)cc6)cn5)CC4)cnn3c2)cn1. The summed E-state index contributed by atoms with van der Waals surface area (Å²) in [7, 11) is 1.91. The zero-order chi connectivity index (χ0) is 29.4. The summed E-state index contributed by atoms with van der Waals surface area (Å²) in [6.45, 7) is 8.86. The van der Waals surface area contributed by atoms with Crippen LogP contribution in [-0.2, 0) is 18.4 Å². The maximum atomic E-state index is 13.6. The number of aryl methyl sites for hydroxylation is 1. The van der Waals surface area contributed by atoms with Gasteiger partial charge in [-0.05, 0) is 44.5 Å². The van der Waals surface area contributed by atoms with Crippen molar-refractivity contribution in [3.63, 3.8) is 0 Å². The van der Waals surface area contributed by atoms with E-state index in [4.69, 9.17) is 0 Å². The Morgan fingerprint density at radius 3 is 2.17 bits per heavy atom. The van der Waals surface area contributed by atoms with Crippen molar-refractivity contribution >= 4 is 28.5 Å². The van der Waals surface area contributed by atoms with Gasteiger partial charge in [-0.25, -0.2) is 18.9 Å². The van der Waals surface area contributed by atoms with Crippen LogP contribution in [0.3, 0.4) is 0 Å². The van der Waals surface area contributed by atoms with Gasteiger partial charge < -0.3 is 14.4 Å². The largest absolute Gasteiger partial charge is 0.598 e. The van der Waals surface area contributed by atoms with Gasteiger partial charge in [-0.2, -0.15) is 10.2 Å². The predicted octanol–water partition coefficient (Wildman–Crippen LogP) is 4.13. The second-order valence-electron chi connectivity index (χ2n) is 11.5. The van der Waals surface area contributed by atoms with Crippen molar-refractivity contribution < 1.29 is 8.94 Å². The van der Waals surface area contributed by atoms with E-state index in [0.717, 1.165) is 59.6 Å². The fourth-order valence-electron chi connectivity index (χ4n) is 5.01. The normalized spacial score (nSPS) is 15.8. The van der Waals surface area contributed by atoms with Crippen molar-refractivity contribution in [1.82, 2.24) is 34.1 Å². The Hall–Kier alpha value is -4.00. The minimum absolute atomic E-state index is 0.321. The van der Waals surface area contributed by atoms with E-state index in [1.54, 1.807) is 29.2 Å². The molecule has 42 heavy (non-hydrogen) atoms. The third-order valence-electron chi connectivity index (χ3n) is 7.41. The molecule has 1 saturated heterocycles. The first-order valence-electron chi connectivity index (χ1n) is 13.9. The van der Waals surface area contributed by atoms with Crippen LogP contribution < -0.4 is 14.5 Å². The van der Waals surface area contributed by atoms with Gasteiger partial charge >= 0.3 is 0 Å². The average molecular weight is 588 g/mol. The first-order valence-corrected chi connectivity index (χ1v) is 15.0. The number of fused-ring (bicyclic) bond motifs is 1. The number of pyridine rings is 1. The molecule has 4 aromatic heterocycles. The van der Waals surface area contributed by atoms with Crippen molar-refractivity contribution in [2.75, 3.05) is 36.0 Å². The lowest BCUT2D eigenvalue weighted by molar-refractivity contribution is 0.535. The van der Waals surface area contributed by atoms with Crippen molar-refractivity contribution in [2.24, 2.45) is 7.05 Å². The number of halogens is 1. The number of anilines is 2. The van der Waals surface area contributed by atoms with E-state index in [2.05, 4.69) is 46.8 Å². The highest BCUT2D eigenvalue weighted by molar-refractivity contribution is 7.90. The molecule has 0 amide bonds. The Labute approximate surface area is 247 Å². The Balaban J connectivity index is 1.14. The molecule has 1 aliphatic rings. The molecule has 0 spiro atoms. The third kappa shape index (κ3) is 5.83. The lowest BCUT2D eigenvalue weighted by Crippen LogP contribution is -2.47. The lowest BCUT2D eigenvalue weighted by Gasteiger charge is -2.35. The van der Waals surface area contributed by atoms with Gasteiger partial charge in [-0.3, -0.25) is 4.68 Å². The van der Waals surface area contributed by atoms with Crippen LogP contribution in [0.15, 0.2) is 73.6 Å². The molecule has 0 saturated carbocycles. The van der Waals surface area contributed by atoms with E-state index >= 15 is 0 Å². The standard InChI is InChI=1S/C30H34FN9OS/c1-30(2,3)42(41)36-28(21-5-8-25(31)9-6-21)23-15-32-29(33-16-23)39-13-11-38(12-14-39)27-18-35-40-20-22(7-10-26(27)40)24-17-34-37(4)19-24/h5-10,15-20,28,36H,11-14H2,1-4H3. The fourth-order valence-corrected chi connectivity index (χ4v) is 5.85. The first-order chi connectivity index (χ1) is 20.2. The second-order valence-corrected chi connectivity index (χ2v) is 13.5. The second kappa shape index (κ2) is 11.3. The van der Waals surface area contributed by atoms with Gasteiger partial charge in [0.1, 0.15) is 16.6 Å². The summed E-state index contributed by atoms with van der Waals surface area (Å²) < 4.78 is 33.0. The number of hydrogen-bond acceptors (Lipinski definition) is 8. The Morgan fingerprint density at radius 1 is 0.833 bits per heavy atom. The smallest absolute Gasteiger partial charge is 0.225 e. The highest BCUT2D eigenvalue weighted by Crippen LogP contribution is 2.28. The molecule has 5 aromatic rings. The van der Waals surface area contributed by atoms with Gasteiger partial charge in [0.05, 0.1) is 23.6 Å². The summed E-state index contributed by atoms with van der Waals surface area (Å²) in [5.74, 6) is 0.327. The Kier molecular flexibility index (Phi) is 7.60. The maximum Gasteiger partial charge on any atom is 0.225 e. The van der Waals surface area contributed by atoms with Gasteiger partial charge in [-0.1, -0.05) is 18.2 Å². The minimum atomic E-state index is -1.35. The summed E-state index contributed by atoms with van der Waals surface area (Å²) in [6.07, 6.45) is 11.3. The molecule has 1 N–H and O–H groups in total. The lowest BCUT2D eigenvalue weighted by atomic mass is 10.0.